The Labute approximate surface area is 74.0 Å². The topological polar surface area (TPSA) is 117 Å². The van der Waals surface area contributed by atoms with Crippen LogP contribution < -0.4 is 16.5 Å². The largest absolute Gasteiger partial charge is 0.368 e. The highest BCUT2D eigenvalue weighted by molar-refractivity contribution is 6.01. The number of carbonyl (C=O) groups is 2. The van der Waals surface area contributed by atoms with E-state index < -0.39 is 11.9 Å². The molecule has 1 saturated heterocycles. The van der Waals surface area contributed by atoms with E-state index in [1.165, 1.54) is 0 Å². The maximum atomic E-state index is 11.1. The number of carbonyl (C=O) groups excluding carboxylic acids is 2. The van der Waals surface area contributed by atoms with Gasteiger partial charge in [0.1, 0.15) is 6.04 Å². The highest BCUT2D eigenvalue weighted by Gasteiger charge is 2.25. The minimum atomic E-state index is -0.697. The number of hydroxylamine groups is 1. The number of aliphatic imine (C=N–C) groups is 1. The molecule has 1 aliphatic heterocycles. The molecule has 1 atom stereocenters. The van der Waals surface area contributed by atoms with Gasteiger partial charge >= 0.3 is 0 Å². The van der Waals surface area contributed by atoms with Crippen molar-refractivity contribution in [3.8, 4) is 0 Å². The quantitative estimate of drug-likeness (QED) is 0.165. The molecule has 0 aromatic rings. The third-order valence-corrected chi connectivity index (χ3v) is 1.62. The molecule has 72 valence electrons. The highest BCUT2D eigenvalue weighted by Crippen LogP contribution is 2.07. The van der Waals surface area contributed by atoms with Crippen molar-refractivity contribution in [1.29, 1.82) is 0 Å². The molecule has 0 spiro atoms. The second-order valence-electron chi connectivity index (χ2n) is 2.59. The zero-order valence-electron chi connectivity index (χ0n) is 6.78. The average molecular weight is 186 g/mol. The predicted molar refractivity (Wildman–Crippen MR) is 42.7 cm³/mol. The Balaban J connectivity index is 2.61. The van der Waals surface area contributed by atoms with E-state index in [0.29, 0.717) is 6.42 Å². The molecule has 7 nitrogen and oxygen atoms in total. The summed E-state index contributed by atoms with van der Waals surface area (Å²) in [5.41, 5.74) is 6.73. The highest BCUT2D eigenvalue weighted by atomic mass is 16.5. The maximum absolute atomic E-state index is 11.1. The molecule has 7 heteroatoms. The van der Waals surface area contributed by atoms with Gasteiger partial charge < -0.3 is 5.73 Å². The summed E-state index contributed by atoms with van der Waals surface area (Å²) in [4.78, 5) is 25.4. The number of hydrogen-bond donors (Lipinski definition) is 4. The summed E-state index contributed by atoms with van der Waals surface area (Å²) in [5.74, 6) is -1.05. The first-order valence-electron chi connectivity index (χ1n) is 3.70. The molecule has 0 aliphatic carbocycles. The molecule has 2 amide bonds. The summed E-state index contributed by atoms with van der Waals surface area (Å²) in [5, 5.41) is 10.4. The zero-order valence-corrected chi connectivity index (χ0v) is 6.78. The molecule has 1 unspecified atom stereocenters. The van der Waals surface area contributed by atoms with Crippen molar-refractivity contribution in [3.05, 3.63) is 0 Å². The molecule has 0 bridgehead atoms. The fraction of sp³-hybridized carbons (Fsp3) is 0.500. The van der Waals surface area contributed by atoms with E-state index in [9.17, 15) is 9.59 Å². The fourth-order valence-electron chi connectivity index (χ4n) is 1.00. The number of imide groups is 1. The van der Waals surface area contributed by atoms with Crippen LogP contribution in [-0.4, -0.2) is 29.0 Å². The monoisotopic (exact) mass is 186 g/mol. The van der Waals surface area contributed by atoms with Gasteiger partial charge in [-0.3, -0.25) is 20.1 Å². The van der Waals surface area contributed by atoms with Crippen LogP contribution in [0, 0.1) is 0 Å². The van der Waals surface area contributed by atoms with Gasteiger partial charge in [0, 0.05) is 6.42 Å². The Morgan fingerprint density at radius 2 is 2.38 bits per heavy atom. The van der Waals surface area contributed by atoms with Crippen molar-refractivity contribution in [2.24, 2.45) is 10.7 Å². The van der Waals surface area contributed by atoms with Gasteiger partial charge in [0.2, 0.25) is 11.9 Å². The number of nitrogens with two attached hydrogens (primary N) is 1. The van der Waals surface area contributed by atoms with Crippen molar-refractivity contribution in [2.45, 2.75) is 18.9 Å². The number of piperidine rings is 1. The van der Waals surface area contributed by atoms with Crippen molar-refractivity contribution in [1.82, 2.24) is 10.8 Å². The minimum absolute atomic E-state index is 0.235. The van der Waals surface area contributed by atoms with Crippen LogP contribution in [0.5, 0.6) is 0 Å². The molecule has 13 heavy (non-hydrogen) atoms. The molecule has 0 aromatic carbocycles. The molecule has 1 rings (SSSR count). The third kappa shape index (κ3) is 2.41. The summed E-state index contributed by atoms with van der Waals surface area (Å²) in [6, 6.07) is -0.697. The third-order valence-electron chi connectivity index (χ3n) is 1.62. The molecule has 1 fully saturated rings. The van der Waals surface area contributed by atoms with Crippen LogP contribution in [0.3, 0.4) is 0 Å². The summed E-state index contributed by atoms with van der Waals surface area (Å²) in [7, 11) is 0. The molecule has 0 aromatic heterocycles. The van der Waals surface area contributed by atoms with Crippen LogP contribution in [-0.2, 0) is 9.59 Å². The number of amides is 2. The Kier molecular flexibility index (Phi) is 2.80. The smallest absolute Gasteiger partial charge is 0.251 e. The molecule has 5 N–H and O–H groups in total. The van der Waals surface area contributed by atoms with Gasteiger partial charge in [-0.2, -0.15) is 0 Å². The standard InChI is InChI=1S/C6H10N4O3/c7-6(10-13)8-3-1-2-4(11)9-5(3)12/h3,13H,1-2H2,(H3,7,8,10)(H,9,11,12). The SMILES string of the molecule is NC(=NC1CCC(=O)NC1=O)NO. The van der Waals surface area contributed by atoms with E-state index in [-0.39, 0.29) is 18.3 Å². The van der Waals surface area contributed by atoms with Crippen LogP contribution in [0.2, 0.25) is 0 Å². The van der Waals surface area contributed by atoms with Crippen LogP contribution in [0.25, 0.3) is 0 Å². The van der Waals surface area contributed by atoms with Crippen LogP contribution in [0.15, 0.2) is 4.99 Å². The Bertz CT molecular complexity index is 263. The predicted octanol–water partition coefficient (Wildman–Crippen LogP) is -1.91. The lowest BCUT2D eigenvalue weighted by molar-refractivity contribution is -0.133. The lowest BCUT2D eigenvalue weighted by Gasteiger charge is -2.17. The molecule has 0 saturated carbocycles. The molecule has 1 aliphatic rings. The first kappa shape index (κ1) is 9.46. The normalized spacial score (nSPS) is 24.1. The average Bonchev–Trinajstić information content (AvgIpc) is 2.09. The van der Waals surface area contributed by atoms with Crippen molar-refractivity contribution in [2.75, 3.05) is 0 Å². The first-order chi connectivity index (χ1) is 6.13. The lowest BCUT2D eigenvalue weighted by atomic mass is 10.1. The number of hydrogen-bond acceptors (Lipinski definition) is 4. The van der Waals surface area contributed by atoms with Crippen LogP contribution in [0.1, 0.15) is 12.8 Å². The van der Waals surface area contributed by atoms with E-state index >= 15 is 0 Å². The van der Waals surface area contributed by atoms with Gasteiger partial charge in [0.15, 0.2) is 0 Å². The lowest BCUT2D eigenvalue weighted by Crippen LogP contribution is -2.44. The van der Waals surface area contributed by atoms with Crippen molar-refractivity contribution >= 4 is 17.8 Å². The Hall–Kier alpha value is -1.63. The van der Waals surface area contributed by atoms with Gasteiger partial charge in [-0.25, -0.2) is 10.5 Å². The molecule has 1 heterocycles. The van der Waals surface area contributed by atoms with E-state index in [2.05, 4.69) is 10.3 Å². The van der Waals surface area contributed by atoms with Gasteiger partial charge in [-0.1, -0.05) is 0 Å². The molecular formula is C6H10N4O3. The van der Waals surface area contributed by atoms with Crippen molar-refractivity contribution < 1.29 is 14.8 Å². The summed E-state index contributed by atoms with van der Waals surface area (Å²) < 4.78 is 0. The Morgan fingerprint density at radius 1 is 1.69 bits per heavy atom. The van der Waals surface area contributed by atoms with Crippen LogP contribution in [0.4, 0.5) is 0 Å². The van der Waals surface area contributed by atoms with Gasteiger partial charge in [-0.05, 0) is 6.42 Å². The zero-order chi connectivity index (χ0) is 9.84. The second kappa shape index (κ2) is 3.85. The summed E-state index contributed by atoms with van der Waals surface area (Å²) in [6.07, 6.45) is 0.547. The summed E-state index contributed by atoms with van der Waals surface area (Å²) >= 11 is 0. The number of nitrogens with zero attached hydrogens (tertiary/aromatic N) is 1. The van der Waals surface area contributed by atoms with Gasteiger partial charge in [0.25, 0.3) is 5.91 Å². The first-order valence-corrected chi connectivity index (χ1v) is 3.70. The minimum Gasteiger partial charge on any atom is -0.368 e. The van der Waals surface area contributed by atoms with E-state index in [4.69, 9.17) is 10.9 Å². The van der Waals surface area contributed by atoms with E-state index in [1.54, 1.807) is 5.48 Å². The van der Waals surface area contributed by atoms with Crippen LogP contribution >= 0.6 is 0 Å². The van der Waals surface area contributed by atoms with Gasteiger partial charge in [0.05, 0.1) is 0 Å². The maximum Gasteiger partial charge on any atom is 0.251 e. The second-order valence-corrected chi connectivity index (χ2v) is 2.59. The number of rotatable bonds is 1. The van der Waals surface area contributed by atoms with Crippen molar-refractivity contribution in [3.63, 3.8) is 0 Å². The van der Waals surface area contributed by atoms with Gasteiger partial charge in [-0.15, -0.1) is 0 Å². The summed E-state index contributed by atoms with van der Waals surface area (Å²) in [6.45, 7) is 0. The molecule has 0 radical (unpaired) electrons. The van der Waals surface area contributed by atoms with E-state index in [0.717, 1.165) is 0 Å². The number of guanidine groups is 1. The Morgan fingerprint density at radius 3 is 2.92 bits per heavy atom. The fourth-order valence-corrected chi connectivity index (χ4v) is 1.00. The van der Waals surface area contributed by atoms with E-state index in [1.807, 2.05) is 0 Å². The number of nitrogens with one attached hydrogen (secondary N) is 2. The molecular weight excluding hydrogens is 176 g/mol.